The van der Waals surface area contributed by atoms with Gasteiger partial charge in [0.1, 0.15) is 5.82 Å². The Hall–Kier alpha value is -3.47. The number of amides is 1. The van der Waals surface area contributed by atoms with Crippen molar-refractivity contribution in [2.45, 2.75) is 26.3 Å². The molecule has 0 saturated carbocycles. The van der Waals surface area contributed by atoms with Gasteiger partial charge in [0.2, 0.25) is 11.8 Å². The fourth-order valence-corrected chi connectivity index (χ4v) is 5.41. The Labute approximate surface area is 200 Å². The van der Waals surface area contributed by atoms with Gasteiger partial charge in [-0.1, -0.05) is 36.4 Å². The van der Waals surface area contributed by atoms with Crippen molar-refractivity contribution in [2.24, 2.45) is 5.73 Å². The third kappa shape index (κ3) is 4.11. The van der Waals surface area contributed by atoms with Gasteiger partial charge in [0.25, 0.3) is 0 Å². The summed E-state index contributed by atoms with van der Waals surface area (Å²) < 4.78 is 6.71. The number of nitrogens with two attached hydrogens (primary N) is 1. The first-order valence-electron chi connectivity index (χ1n) is 11.0. The lowest BCUT2D eigenvalue weighted by Crippen LogP contribution is -2.30. The maximum Gasteiger partial charge on any atom is 0.488 e. The molecule has 0 aliphatic carbocycles. The fourth-order valence-electron chi connectivity index (χ4n) is 4.24. The molecule has 5 rings (SSSR count). The van der Waals surface area contributed by atoms with Gasteiger partial charge in [-0.3, -0.25) is 4.79 Å². The van der Waals surface area contributed by atoms with Gasteiger partial charge in [0.05, 0.1) is 17.7 Å². The normalized spacial score (nSPS) is 12.8. The van der Waals surface area contributed by atoms with Crippen molar-refractivity contribution in [3.8, 4) is 17.3 Å². The molecule has 10 heteroatoms. The van der Waals surface area contributed by atoms with Crippen LogP contribution in [-0.2, 0) is 13.0 Å². The standard InChI is InChI=1S/C24H23BN4O4S/c1-13-19(16-7-3-8-17(21(26)30)20(16)34-13)23-28-22(18-9-4-10-33-24(18)29-23)27-12-14-5-2-6-15(11-14)25(31)32/h2-3,5-8,11,31-32H,4,9-10,12H2,1H3,(H2,26,30)(H,27,28,29). The van der Waals surface area contributed by atoms with E-state index in [1.54, 1.807) is 24.3 Å². The third-order valence-electron chi connectivity index (χ3n) is 5.87. The van der Waals surface area contributed by atoms with E-state index in [9.17, 15) is 14.8 Å². The molecule has 8 nitrogen and oxygen atoms in total. The van der Waals surface area contributed by atoms with Crippen LogP contribution in [0.1, 0.15) is 32.8 Å². The second kappa shape index (κ2) is 9.05. The molecule has 2 aromatic heterocycles. The number of aromatic nitrogens is 2. The minimum absolute atomic E-state index is 0.429. The van der Waals surface area contributed by atoms with Crippen LogP contribution < -0.4 is 21.3 Å². The summed E-state index contributed by atoms with van der Waals surface area (Å²) >= 11 is 1.50. The summed E-state index contributed by atoms with van der Waals surface area (Å²) in [5, 5.41) is 23.2. The Balaban J connectivity index is 1.57. The van der Waals surface area contributed by atoms with E-state index in [0.717, 1.165) is 44.5 Å². The summed E-state index contributed by atoms with van der Waals surface area (Å²) in [6.45, 7) is 3.01. The van der Waals surface area contributed by atoms with E-state index in [1.165, 1.54) is 11.3 Å². The molecule has 4 aromatic rings. The van der Waals surface area contributed by atoms with E-state index in [2.05, 4.69) is 5.32 Å². The largest absolute Gasteiger partial charge is 0.488 e. The molecule has 5 N–H and O–H groups in total. The highest BCUT2D eigenvalue weighted by Gasteiger charge is 2.23. The van der Waals surface area contributed by atoms with Crippen LogP contribution >= 0.6 is 11.3 Å². The zero-order chi connectivity index (χ0) is 23.8. The van der Waals surface area contributed by atoms with Gasteiger partial charge < -0.3 is 25.8 Å². The molecule has 172 valence electrons. The molecule has 0 radical (unpaired) electrons. The summed E-state index contributed by atoms with van der Waals surface area (Å²) in [6, 6.07) is 12.6. The van der Waals surface area contributed by atoms with Crippen LogP contribution in [-0.4, -0.2) is 39.6 Å². The highest BCUT2D eigenvalue weighted by molar-refractivity contribution is 7.20. The average Bonchev–Trinajstić information content (AvgIpc) is 3.18. The quantitative estimate of drug-likeness (QED) is 0.316. The molecule has 2 aromatic carbocycles. The number of nitrogens with one attached hydrogen (secondary N) is 1. The molecule has 3 heterocycles. The van der Waals surface area contributed by atoms with E-state index < -0.39 is 13.0 Å². The number of aryl methyl sites for hydroxylation is 1. The highest BCUT2D eigenvalue weighted by atomic mass is 32.1. The molecule has 1 aliphatic heterocycles. The summed E-state index contributed by atoms with van der Waals surface area (Å²) in [4.78, 5) is 22.5. The van der Waals surface area contributed by atoms with E-state index in [0.29, 0.717) is 41.7 Å². The van der Waals surface area contributed by atoms with E-state index >= 15 is 0 Å². The number of carbonyl (C=O) groups excluding carboxylic acids is 1. The van der Waals surface area contributed by atoms with Gasteiger partial charge in [-0.05, 0) is 36.9 Å². The summed E-state index contributed by atoms with van der Waals surface area (Å²) in [6.07, 6.45) is 1.67. The van der Waals surface area contributed by atoms with Crippen LogP contribution in [0.15, 0.2) is 42.5 Å². The zero-order valence-electron chi connectivity index (χ0n) is 18.5. The molecule has 34 heavy (non-hydrogen) atoms. The van der Waals surface area contributed by atoms with Crippen molar-refractivity contribution in [1.29, 1.82) is 0 Å². The van der Waals surface area contributed by atoms with Gasteiger partial charge in [0.15, 0.2) is 5.82 Å². The van der Waals surface area contributed by atoms with Crippen LogP contribution in [0.25, 0.3) is 21.5 Å². The van der Waals surface area contributed by atoms with Crippen molar-refractivity contribution in [1.82, 2.24) is 9.97 Å². The van der Waals surface area contributed by atoms with Crippen LogP contribution in [0, 0.1) is 6.92 Å². The Bertz CT molecular complexity index is 1410. The Morgan fingerprint density at radius 1 is 1.24 bits per heavy atom. The average molecular weight is 474 g/mol. The Morgan fingerprint density at radius 2 is 2.06 bits per heavy atom. The first-order valence-corrected chi connectivity index (χ1v) is 11.8. The molecule has 0 unspecified atom stereocenters. The summed E-state index contributed by atoms with van der Waals surface area (Å²) in [5.41, 5.74) is 9.17. The molecule has 0 atom stereocenters. The Kier molecular flexibility index (Phi) is 5.95. The second-order valence-electron chi connectivity index (χ2n) is 8.18. The van der Waals surface area contributed by atoms with Gasteiger partial charge >= 0.3 is 7.12 Å². The summed E-state index contributed by atoms with van der Waals surface area (Å²) in [7, 11) is -1.52. The number of benzene rings is 2. The number of fused-ring (bicyclic) bond motifs is 2. The number of hydrogen-bond donors (Lipinski definition) is 4. The second-order valence-corrected chi connectivity index (χ2v) is 9.41. The highest BCUT2D eigenvalue weighted by Crippen LogP contribution is 2.40. The van der Waals surface area contributed by atoms with Gasteiger partial charge in [-0.25, -0.2) is 4.98 Å². The lowest BCUT2D eigenvalue weighted by Gasteiger charge is -2.20. The van der Waals surface area contributed by atoms with Crippen molar-refractivity contribution >= 4 is 45.7 Å². The van der Waals surface area contributed by atoms with Crippen LogP contribution in [0.3, 0.4) is 0 Å². The number of hydrogen-bond acceptors (Lipinski definition) is 8. The van der Waals surface area contributed by atoms with Crippen LogP contribution in [0.2, 0.25) is 0 Å². The minimum atomic E-state index is -1.52. The molecule has 0 bridgehead atoms. The number of ether oxygens (including phenoxy) is 1. The molecule has 0 fully saturated rings. The zero-order valence-corrected chi connectivity index (χ0v) is 19.4. The Morgan fingerprint density at radius 3 is 2.85 bits per heavy atom. The molecule has 0 saturated heterocycles. The SMILES string of the molecule is Cc1sc2c(C(N)=O)cccc2c1-c1nc(NCc2cccc(B(O)O)c2)c2c(n1)OCCC2. The molecule has 0 spiro atoms. The number of rotatable bonds is 6. The van der Waals surface area contributed by atoms with Crippen molar-refractivity contribution in [3.63, 3.8) is 0 Å². The topological polar surface area (TPSA) is 131 Å². The number of anilines is 1. The van der Waals surface area contributed by atoms with Gasteiger partial charge in [0, 0.05) is 27.1 Å². The predicted molar refractivity (Wildman–Crippen MR) is 134 cm³/mol. The number of nitrogens with zero attached hydrogens (tertiary/aromatic N) is 2. The van der Waals surface area contributed by atoms with Crippen LogP contribution in [0.4, 0.5) is 5.82 Å². The van der Waals surface area contributed by atoms with E-state index in [-0.39, 0.29) is 0 Å². The van der Waals surface area contributed by atoms with E-state index in [4.69, 9.17) is 20.4 Å². The van der Waals surface area contributed by atoms with Crippen molar-refractivity contribution in [2.75, 3.05) is 11.9 Å². The monoisotopic (exact) mass is 474 g/mol. The lowest BCUT2D eigenvalue weighted by molar-refractivity contribution is 0.100. The van der Waals surface area contributed by atoms with Gasteiger partial charge in [-0.2, -0.15) is 4.98 Å². The molecule has 1 amide bonds. The molecular weight excluding hydrogens is 451 g/mol. The smallest absolute Gasteiger partial charge is 0.477 e. The van der Waals surface area contributed by atoms with Crippen LogP contribution in [0.5, 0.6) is 5.88 Å². The third-order valence-corrected chi connectivity index (χ3v) is 7.02. The number of carbonyl (C=O) groups is 1. The first-order chi connectivity index (χ1) is 16.4. The number of primary amides is 1. The first kappa shape index (κ1) is 22.3. The predicted octanol–water partition coefficient (Wildman–Crippen LogP) is 2.38. The fraction of sp³-hybridized carbons (Fsp3) is 0.208. The molecule has 1 aliphatic rings. The van der Waals surface area contributed by atoms with E-state index in [1.807, 2.05) is 25.1 Å². The van der Waals surface area contributed by atoms with Gasteiger partial charge in [-0.15, -0.1) is 11.3 Å². The minimum Gasteiger partial charge on any atom is -0.477 e. The van der Waals surface area contributed by atoms with Crippen molar-refractivity contribution < 1.29 is 19.6 Å². The number of thiophene rings is 1. The maximum atomic E-state index is 11.9. The van der Waals surface area contributed by atoms with Crippen molar-refractivity contribution in [3.05, 3.63) is 64.0 Å². The summed E-state index contributed by atoms with van der Waals surface area (Å²) in [5.74, 6) is 1.29. The maximum absolute atomic E-state index is 11.9. The lowest BCUT2D eigenvalue weighted by atomic mass is 9.79. The molecular formula is C24H23BN4O4S.